The van der Waals surface area contributed by atoms with E-state index < -0.39 is 0 Å². The smallest absolute Gasteiger partial charge is 0.0897 e. The monoisotopic (exact) mass is 252 g/mol. The van der Waals surface area contributed by atoms with Gasteiger partial charge in [0, 0.05) is 17.6 Å². The largest absolute Gasteiger partial charge is 0.312 e. The van der Waals surface area contributed by atoms with Gasteiger partial charge in [0.2, 0.25) is 0 Å². The van der Waals surface area contributed by atoms with Gasteiger partial charge in [-0.2, -0.15) is 0 Å². The minimum Gasteiger partial charge on any atom is -0.312 e. The molecule has 0 amide bonds. The van der Waals surface area contributed by atoms with Crippen molar-refractivity contribution in [2.24, 2.45) is 11.8 Å². The average Bonchev–Trinajstić information content (AvgIpc) is 2.71. The second-order valence-electron chi connectivity index (χ2n) is 5.45. The van der Waals surface area contributed by atoms with Crippen molar-refractivity contribution >= 4 is 11.3 Å². The lowest BCUT2D eigenvalue weighted by atomic mass is 9.81. The zero-order valence-corrected chi connectivity index (χ0v) is 11.9. The second-order valence-corrected chi connectivity index (χ2v) is 6.77. The fourth-order valence-corrected chi connectivity index (χ4v) is 3.59. The van der Waals surface area contributed by atoms with Crippen LogP contribution in [-0.4, -0.2) is 11.5 Å². The standard InChI is InChI=1S/C14H24N2S/c1-11-4-3-5-13(8-11)6-7-15-9-14-10-16-12(2)17-14/h10-11,13,15H,3-9H2,1-2H3. The Kier molecular flexibility index (Phi) is 4.99. The minimum absolute atomic E-state index is 0.956. The number of aromatic nitrogens is 1. The summed E-state index contributed by atoms with van der Waals surface area (Å²) in [5.74, 6) is 1.92. The van der Waals surface area contributed by atoms with Crippen molar-refractivity contribution in [3.05, 3.63) is 16.1 Å². The van der Waals surface area contributed by atoms with Gasteiger partial charge in [-0.15, -0.1) is 11.3 Å². The molecule has 1 aromatic heterocycles. The molecule has 1 aliphatic carbocycles. The molecule has 2 nitrogen and oxygen atoms in total. The molecule has 2 atom stereocenters. The van der Waals surface area contributed by atoms with Crippen LogP contribution in [0.15, 0.2) is 6.20 Å². The molecule has 0 spiro atoms. The summed E-state index contributed by atoms with van der Waals surface area (Å²) in [6, 6.07) is 0. The molecule has 1 N–H and O–H groups in total. The van der Waals surface area contributed by atoms with Gasteiger partial charge in [0.1, 0.15) is 0 Å². The molecular weight excluding hydrogens is 228 g/mol. The summed E-state index contributed by atoms with van der Waals surface area (Å²) in [4.78, 5) is 5.63. The van der Waals surface area contributed by atoms with E-state index in [9.17, 15) is 0 Å². The fraction of sp³-hybridized carbons (Fsp3) is 0.786. The van der Waals surface area contributed by atoms with Gasteiger partial charge in [-0.1, -0.05) is 26.2 Å². The average molecular weight is 252 g/mol. The zero-order chi connectivity index (χ0) is 12.1. The lowest BCUT2D eigenvalue weighted by Gasteiger charge is -2.26. The summed E-state index contributed by atoms with van der Waals surface area (Å²) >= 11 is 1.80. The van der Waals surface area contributed by atoms with E-state index in [0.717, 1.165) is 24.9 Å². The van der Waals surface area contributed by atoms with Crippen LogP contribution in [0.3, 0.4) is 0 Å². The van der Waals surface area contributed by atoms with Gasteiger partial charge in [0.05, 0.1) is 5.01 Å². The summed E-state index contributed by atoms with van der Waals surface area (Å²) in [5.41, 5.74) is 0. The van der Waals surface area contributed by atoms with E-state index in [1.54, 1.807) is 11.3 Å². The van der Waals surface area contributed by atoms with E-state index in [1.165, 1.54) is 42.0 Å². The summed E-state index contributed by atoms with van der Waals surface area (Å²) in [5, 5.41) is 4.72. The number of rotatable bonds is 5. The van der Waals surface area contributed by atoms with Crippen molar-refractivity contribution in [2.75, 3.05) is 6.54 Å². The Labute approximate surface area is 109 Å². The van der Waals surface area contributed by atoms with Crippen LogP contribution in [0, 0.1) is 18.8 Å². The summed E-state index contributed by atoms with van der Waals surface area (Å²) in [6.07, 6.45) is 9.13. The molecule has 1 aromatic rings. The van der Waals surface area contributed by atoms with Crippen LogP contribution >= 0.6 is 11.3 Å². The van der Waals surface area contributed by atoms with Gasteiger partial charge in [-0.25, -0.2) is 4.98 Å². The molecule has 2 unspecified atom stereocenters. The van der Waals surface area contributed by atoms with Crippen molar-refractivity contribution in [3.63, 3.8) is 0 Å². The maximum atomic E-state index is 4.27. The molecule has 0 aliphatic heterocycles. The van der Waals surface area contributed by atoms with E-state index in [-0.39, 0.29) is 0 Å². The Balaban J connectivity index is 1.59. The molecule has 1 saturated carbocycles. The maximum absolute atomic E-state index is 4.27. The topological polar surface area (TPSA) is 24.9 Å². The Morgan fingerprint density at radius 1 is 1.47 bits per heavy atom. The van der Waals surface area contributed by atoms with E-state index in [0.29, 0.717) is 0 Å². The SMILES string of the molecule is Cc1ncc(CNCCC2CCCC(C)C2)s1. The molecule has 1 heterocycles. The van der Waals surface area contributed by atoms with Crippen LogP contribution in [0.2, 0.25) is 0 Å². The number of nitrogens with zero attached hydrogens (tertiary/aromatic N) is 1. The number of hydrogen-bond acceptors (Lipinski definition) is 3. The minimum atomic E-state index is 0.956. The number of hydrogen-bond donors (Lipinski definition) is 1. The Bertz CT molecular complexity index is 335. The first-order valence-electron chi connectivity index (χ1n) is 6.86. The van der Waals surface area contributed by atoms with Crippen molar-refractivity contribution < 1.29 is 0 Å². The van der Waals surface area contributed by atoms with Crippen LogP contribution < -0.4 is 5.32 Å². The molecule has 0 bridgehead atoms. The van der Waals surface area contributed by atoms with Crippen LogP contribution in [0.25, 0.3) is 0 Å². The molecule has 96 valence electrons. The lowest BCUT2D eigenvalue weighted by Crippen LogP contribution is -2.20. The number of nitrogens with one attached hydrogen (secondary N) is 1. The highest BCUT2D eigenvalue weighted by molar-refractivity contribution is 7.11. The van der Waals surface area contributed by atoms with Crippen molar-refractivity contribution in [3.8, 4) is 0 Å². The fourth-order valence-electron chi connectivity index (χ4n) is 2.83. The zero-order valence-electron chi connectivity index (χ0n) is 11.0. The van der Waals surface area contributed by atoms with E-state index in [4.69, 9.17) is 0 Å². The molecule has 2 rings (SSSR count). The van der Waals surface area contributed by atoms with E-state index in [2.05, 4.69) is 24.1 Å². The van der Waals surface area contributed by atoms with Crippen LogP contribution in [-0.2, 0) is 6.54 Å². The number of aryl methyl sites for hydroxylation is 1. The molecular formula is C14H24N2S. The second kappa shape index (κ2) is 6.50. The lowest BCUT2D eigenvalue weighted by molar-refractivity contribution is 0.267. The highest BCUT2D eigenvalue weighted by Gasteiger charge is 2.17. The third kappa shape index (κ3) is 4.40. The first kappa shape index (κ1) is 13.0. The predicted molar refractivity (Wildman–Crippen MR) is 74.3 cm³/mol. The van der Waals surface area contributed by atoms with Gasteiger partial charge in [0.25, 0.3) is 0 Å². The maximum Gasteiger partial charge on any atom is 0.0897 e. The summed E-state index contributed by atoms with van der Waals surface area (Å²) in [7, 11) is 0. The summed E-state index contributed by atoms with van der Waals surface area (Å²) < 4.78 is 0. The quantitative estimate of drug-likeness (QED) is 0.807. The number of thiazole rings is 1. The van der Waals surface area contributed by atoms with Crippen molar-refractivity contribution in [1.29, 1.82) is 0 Å². The van der Waals surface area contributed by atoms with E-state index in [1.807, 2.05) is 6.20 Å². The van der Waals surface area contributed by atoms with Crippen LogP contribution in [0.4, 0.5) is 0 Å². The molecule has 0 saturated heterocycles. The molecule has 1 fully saturated rings. The van der Waals surface area contributed by atoms with Gasteiger partial charge in [-0.05, 0) is 38.1 Å². The predicted octanol–water partition coefficient (Wildman–Crippen LogP) is 3.76. The van der Waals surface area contributed by atoms with Gasteiger partial charge >= 0.3 is 0 Å². The molecule has 17 heavy (non-hydrogen) atoms. The molecule has 0 radical (unpaired) electrons. The summed E-state index contributed by atoms with van der Waals surface area (Å²) in [6.45, 7) is 6.62. The molecule has 3 heteroatoms. The Morgan fingerprint density at radius 3 is 3.06 bits per heavy atom. The van der Waals surface area contributed by atoms with Crippen molar-refractivity contribution in [1.82, 2.24) is 10.3 Å². The van der Waals surface area contributed by atoms with Gasteiger partial charge in [0.15, 0.2) is 0 Å². The third-order valence-corrected chi connectivity index (χ3v) is 4.66. The first-order chi connectivity index (χ1) is 8.24. The Morgan fingerprint density at radius 2 is 2.35 bits per heavy atom. The first-order valence-corrected chi connectivity index (χ1v) is 7.67. The normalized spacial score (nSPS) is 25.1. The highest BCUT2D eigenvalue weighted by Crippen LogP contribution is 2.30. The van der Waals surface area contributed by atoms with Gasteiger partial charge in [-0.3, -0.25) is 0 Å². The molecule has 0 aromatic carbocycles. The van der Waals surface area contributed by atoms with Crippen molar-refractivity contribution in [2.45, 2.75) is 52.5 Å². The van der Waals surface area contributed by atoms with E-state index >= 15 is 0 Å². The molecule has 1 aliphatic rings. The highest BCUT2D eigenvalue weighted by atomic mass is 32.1. The Hall–Kier alpha value is -0.410. The van der Waals surface area contributed by atoms with Gasteiger partial charge < -0.3 is 5.32 Å². The van der Waals surface area contributed by atoms with Crippen LogP contribution in [0.5, 0.6) is 0 Å². The van der Waals surface area contributed by atoms with Crippen LogP contribution in [0.1, 0.15) is 48.9 Å². The third-order valence-electron chi connectivity index (χ3n) is 3.74.